The molecule has 0 saturated carbocycles. The second-order valence-corrected chi connectivity index (χ2v) is 8.12. The van der Waals surface area contributed by atoms with E-state index in [4.69, 9.17) is 4.98 Å². The summed E-state index contributed by atoms with van der Waals surface area (Å²) in [5.74, 6) is 0.456. The second kappa shape index (κ2) is 9.55. The van der Waals surface area contributed by atoms with Crippen molar-refractivity contribution >= 4 is 28.6 Å². The van der Waals surface area contributed by atoms with Crippen molar-refractivity contribution in [3.63, 3.8) is 0 Å². The summed E-state index contributed by atoms with van der Waals surface area (Å²) in [6.07, 6.45) is 3.49. The molecule has 0 fully saturated rings. The number of rotatable bonds is 7. The quantitative estimate of drug-likeness (QED) is 0.375. The van der Waals surface area contributed by atoms with Gasteiger partial charge >= 0.3 is 0 Å². The van der Waals surface area contributed by atoms with Crippen LogP contribution in [0.3, 0.4) is 0 Å². The first kappa shape index (κ1) is 20.1. The highest BCUT2D eigenvalue weighted by Crippen LogP contribution is 2.25. The van der Waals surface area contributed by atoms with Gasteiger partial charge in [-0.25, -0.2) is 0 Å². The number of carbonyl (C=O) groups is 1. The highest BCUT2D eigenvalue weighted by molar-refractivity contribution is 8.00. The van der Waals surface area contributed by atoms with Crippen molar-refractivity contribution in [1.82, 2.24) is 14.9 Å². The van der Waals surface area contributed by atoms with Crippen LogP contribution in [0.15, 0.2) is 96.2 Å². The van der Waals surface area contributed by atoms with Crippen LogP contribution in [0.1, 0.15) is 24.2 Å². The Labute approximate surface area is 181 Å². The van der Waals surface area contributed by atoms with Gasteiger partial charge in [0.25, 0.3) is 0 Å². The van der Waals surface area contributed by atoms with Gasteiger partial charge in [0.1, 0.15) is 0 Å². The first-order valence-electron chi connectivity index (χ1n) is 9.92. The summed E-state index contributed by atoms with van der Waals surface area (Å²) in [6, 6.07) is 26.1. The monoisotopic (exact) mass is 413 g/mol. The van der Waals surface area contributed by atoms with Crippen LogP contribution in [0.25, 0.3) is 10.9 Å². The summed E-state index contributed by atoms with van der Waals surface area (Å²) in [7, 11) is 0. The van der Waals surface area contributed by atoms with Gasteiger partial charge in [0, 0.05) is 22.7 Å². The van der Waals surface area contributed by atoms with Crippen molar-refractivity contribution in [2.75, 3.05) is 5.75 Å². The molecule has 4 rings (SSSR count). The number of benzene rings is 2. The van der Waals surface area contributed by atoms with E-state index in [1.807, 2.05) is 65.6 Å². The average Bonchev–Trinajstić information content (AvgIpc) is 2.81. The second-order valence-electron chi connectivity index (χ2n) is 7.08. The van der Waals surface area contributed by atoms with Gasteiger partial charge in [0.2, 0.25) is 5.91 Å². The molecular weight excluding hydrogens is 390 g/mol. The molecule has 0 spiro atoms. The zero-order valence-corrected chi connectivity index (χ0v) is 17.6. The molecule has 0 saturated heterocycles. The van der Waals surface area contributed by atoms with Gasteiger partial charge < -0.3 is 4.90 Å². The van der Waals surface area contributed by atoms with Crippen molar-refractivity contribution in [2.24, 2.45) is 0 Å². The minimum absolute atomic E-state index is 0.0509. The largest absolute Gasteiger partial charge is 0.329 e. The molecule has 1 amide bonds. The van der Waals surface area contributed by atoms with Crippen LogP contribution in [-0.2, 0) is 11.3 Å². The lowest BCUT2D eigenvalue weighted by Crippen LogP contribution is -2.34. The van der Waals surface area contributed by atoms with Crippen molar-refractivity contribution < 1.29 is 4.79 Å². The molecule has 0 aliphatic carbocycles. The zero-order valence-electron chi connectivity index (χ0n) is 16.8. The number of hydrogen-bond acceptors (Lipinski definition) is 4. The van der Waals surface area contributed by atoms with Crippen LogP contribution in [0.5, 0.6) is 0 Å². The number of thioether (sulfide) groups is 1. The molecule has 5 heteroatoms. The molecule has 2 aromatic heterocycles. The average molecular weight is 414 g/mol. The summed E-state index contributed by atoms with van der Waals surface area (Å²) < 4.78 is 0. The van der Waals surface area contributed by atoms with Gasteiger partial charge in [-0.2, -0.15) is 0 Å². The number of fused-ring (bicyclic) bond motifs is 1. The minimum Gasteiger partial charge on any atom is -0.329 e. The predicted octanol–water partition coefficient (Wildman–Crippen LogP) is 5.51. The van der Waals surface area contributed by atoms with E-state index >= 15 is 0 Å². The van der Waals surface area contributed by atoms with Crippen molar-refractivity contribution in [1.29, 1.82) is 0 Å². The first-order valence-corrected chi connectivity index (χ1v) is 10.9. The van der Waals surface area contributed by atoms with E-state index in [9.17, 15) is 4.79 Å². The van der Waals surface area contributed by atoms with Gasteiger partial charge in [-0.3, -0.25) is 14.8 Å². The number of hydrogen-bond donors (Lipinski definition) is 0. The lowest BCUT2D eigenvalue weighted by atomic mass is 10.1. The Hall–Kier alpha value is -3.18. The fraction of sp³-hybridized carbons (Fsp3) is 0.160. The third-order valence-corrected chi connectivity index (χ3v) is 6.07. The predicted molar refractivity (Wildman–Crippen MR) is 122 cm³/mol. The molecular formula is C25H23N3OS. The topological polar surface area (TPSA) is 46.1 Å². The Morgan fingerprint density at radius 1 is 0.933 bits per heavy atom. The molecule has 4 aromatic rings. The molecule has 30 heavy (non-hydrogen) atoms. The third-order valence-electron chi connectivity index (χ3n) is 5.07. The van der Waals surface area contributed by atoms with Crippen molar-refractivity contribution in [3.05, 3.63) is 103 Å². The number of carbonyl (C=O) groups excluding carboxylic acids is 1. The van der Waals surface area contributed by atoms with E-state index < -0.39 is 0 Å². The SMILES string of the molecule is CC(c1ccccc1)N(Cc1ccc2ccccc2n1)C(=O)CSc1ccncc1. The Balaban J connectivity index is 1.57. The lowest BCUT2D eigenvalue weighted by Gasteiger charge is -2.29. The fourth-order valence-corrected chi connectivity index (χ4v) is 4.16. The Morgan fingerprint density at radius 2 is 1.67 bits per heavy atom. The normalized spacial score (nSPS) is 11.9. The number of aromatic nitrogens is 2. The van der Waals surface area contributed by atoms with Crippen LogP contribution in [0, 0.1) is 0 Å². The van der Waals surface area contributed by atoms with E-state index in [2.05, 4.69) is 30.1 Å². The van der Waals surface area contributed by atoms with Crippen LogP contribution in [0.2, 0.25) is 0 Å². The summed E-state index contributed by atoms with van der Waals surface area (Å²) >= 11 is 1.53. The van der Waals surface area contributed by atoms with Crippen LogP contribution >= 0.6 is 11.8 Å². The molecule has 2 aromatic carbocycles. The van der Waals surface area contributed by atoms with E-state index in [1.165, 1.54) is 11.8 Å². The number of para-hydroxylation sites is 1. The fourth-order valence-electron chi connectivity index (χ4n) is 3.39. The summed E-state index contributed by atoms with van der Waals surface area (Å²) in [6.45, 7) is 2.54. The van der Waals surface area contributed by atoms with Gasteiger partial charge in [-0.1, -0.05) is 54.6 Å². The molecule has 0 aliphatic heterocycles. The number of amides is 1. The molecule has 0 N–H and O–H groups in total. The third kappa shape index (κ3) is 4.86. The summed E-state index contributed by atoms with van der Waals surface area (Å²) in [5, 5.41) is 1.10. The molecule has 1 atom stereocenters. The lowest BCUT2D eigenvalue weighted by molar-refractivity contribution is -0.131. The molecule has 2 heterocycles. The summed E-state index contributed by atoms with van der Waals surface area (Å²) in [4.78, 5) is 25.0. The standard InChI is InChI=1S/C25H23N3OS/c1-19(20-7-3-2-4-8-20)28(25(29)18-30-23-13-15-26-16-14-23)17-22-12-11-21-9-5-6-10-24(21)27-22/h2-16,19H,17-18H2,1H3. The van der Waals surface area contributed by atoms with E-state index in [-0.39, 0.29) is 11.9 Å². The van der Waals surface area contributed by atoms with Gasteiger partial charge in [0.05, 0.1) is 29.6 Å². The maximum Gasteiger partial charge on any atom is 0.233 e. The number of pyridine rings is 2. The molecule has 4 nitrogen and oxygen atoms in total. The molecule has 0 aliphatic rings. The van der Waals surface area contributed by atoms with E-state index in [0.29, 0.717) is 12.3 Å². The van der Waals surface area contributed by atoms with Crippen LogP contribution in [-0.4, -0.2) is 26.5 Å². The Morgan fingerprint density at radius 3 is 2.47 bits per heavy atom. The van der Waals surface area contributed by atoms with Gasteiger partial charge in [-0.15, -0.1) is 11.8 Å². The van der Waals surface area contributed by atoms with E-state index in [0.717, 1.165) is 27.1 Å². The van der Waals surface area contributed by atoms with Crippen LogP contribution < -0.4 is 0 Å². The molecule has 0 bridgehead atoms. The first-order chi connectivity index (χ1) is 14.7. The Bertz CT molecular complexity index is 1120. The summed E-state index contributed by atoms with van der Waals surface area (Å²) in [5.41, 5.74) is 2.94. The van der Waals surface area contributed by atoms with Gasteiger partial charge in [-0.05, 0) is 36.8 Å². The van der Waals surface area contributed by atoms with Gasteiger partial charge in [0.15, 0.2) is 0 Å². The highest BCUT2D eigenvalue weighted by atomic mass is 32.2. The van der Waals surface area contributed by atoms with Crippen molar-refractivity contribution in [3.8, 4) is 0 Å². The zero-order chi connectivity index (χ0) is 20.8. The Kier molecular flexibility index (Phi) is 6.40. The molecule has 150 valence electrons. The molecule has 1 unspecified atom stereocenters. The minimum atomic E-state index is -0.0509. The van der Waals surface area contributed by atoms with Crippen LogP contribution in [0.4, 0.5) is 0 Å². The van der Waals surface area contributed by atoms with Crippen molar-refractivity contribution in [2.45, 2.75) is 24.4 Å². The maximum atomic E-state index is 13.3. The smallest absolute Gasteiger partial charge is 0.233 e. The number of nitrogens with zero attached hydrogens (tertiary/aromatic N) is 3. The van der Waals surface area contributed by atoms with E-state index in [1.54, 1.807) is 12.4 Å². The molecule has 0 radical (unpaired) electrons. The maximum absolute atomic E-state index is 13.3. The highest BCUT2D eigenvalue weighted by Gasteiger charge is 2.22.